The van der Waals surface area contributed by atoms with Crippen LogP contribution in [0.3, 0.4) is 0 Å². The van der Waals surface area contributed by atoms with Crippen LogP contribution in [0.4, 0.5) is 0 Å². The van der Waals surface area contributed by atoms with E-state index in [4.69, 9.17) is 11.1 Å². The second kappa shape index (κ2) is 3.19. The highest BCUT2D eigenvalue weighted by molar-refractivity contribution is 9.09. The van der Waals surface area contributed by atoms with E-state index < -0.39 is 8.11 Å². The van der Waals surface area contributed by atoms with Gasteiger partial charge in [0.2, 0.25) is 0 Å². The highest BCUT2D eigenvalue weighted by Crippen LogP contribution is 1.90. The molecule has 0 bridgehead atoms. The van der Waals surface area contributed by atoms with Crippen molar-refractivity contribution in [3.05, 3.63) is 0 Å². The van der Waals surface area contributed by atoms with Gasteiger partial charge in [-0.15, -0.1) is 0 Å². The quantitative estimate of drug-likeness (QED) is 0.320. The van der Waals surface area contributed by atoms with Crippen molar-refractivity contribution in [3.8, 4) is 0 Å². The number of rotatable bonds is 1. The molecule has 1 atom stereocenters. The Morgan fingerprint density at radius 2 is 2.20 bits per heavy atom. The highest BCUT2D eigenvalue weighted by atomic mass is 79.9. The second-order valence-electron chi connectivity index (χ2n) is 0.935. The van der Waals surface area contributed by atoms with Crippen LogP contribution in [0.25, 0.3) is 0 Å². The van der Waals surface area contributed by atoms with Gasteiger partial charge in [0.1, 0.15) is 8.11 Å². The number of hydrogen-bond acceptors (Lipinski definition) is 0. The van der Waals surface area contributed by atoms with Crippen molar-refractivity contribution in [2.24, 2.45) is 0 Å². The maximum Gasteiger partial charge on any atom is 0.148 e. The van der Waals surface area contributed by atoms with Gasteiger partial charge in [-0.1, -0.05) is 22.5 Å². The first-order chi connectivity index (χ1) is 2.27. The predicted octanol–water partition coefficient (Wildman–Crippen LogP) is 1.51. The summed E-state index contributed by atoms with van der Waals surface area (Å²) in [7, 11) is -0.761. The van der Waals surface area contributed by atoms with Crippen LogP contribution in [0.5, 0.6) is 0 Å². The minimum absolute atomic E-state index is 0.761. The average Bonchev–Trinajstić information content (AvgIpc) is 1.38. The van der Waals surface area contributed by atoms with E-state index in [0.717, 1.165) is 4.95 Å². The van der Waals surface area contributed by atoms with Crippen molar-refractivity contribution in [1.29, 1.82) is 0 Å². The molecule has 0 aromatic carbocycles. The van der Waals surface area contributed by atoms with Crippen molar-refractivity contribution < 1.29 is 0 Å². The van der Waals surface area contributed by atoms with Gasteiger partial charge in [-0.2, -0.15) is 11.1 Å². The standard InChI is InChI=1S/C2H6BrClSi/c1-5(4)2-3/h5H,2H2,1H3. The summed E-state index contributed by atoms with van der Waals surface area (Å²) >= 11 is 8.80. The summed E-state index contributed by atoms with van der Waals surface area (Å²) in [4.78, 5) is 1.02. The summed E-state index contributed by atoms with van der Waals surface area (Å²) in [6, 6.07) is 0. The van der Waals surface area contributed by atoms with Crippen LogP contribution in [-0.4, -0.2) is 13.1 Å². The summed E-state index contributed by atoms with van der Waals surface area (Å²) in [5, 5.41) is 0. The maximum absolute atomic E-state index is 5.55. The van der Waals surface area contributed by atoms with Crippen molar-refractivity contribution in [2.75, 3.05) is 4.95 Å². The molecule has 0 saturated heterocycles. The Kier molecular flexibility index (Phi) is 3.82. The van der Waals surface area contributed by atoms with E-state index in [-0.39, 0.29) is 0 Å². The summed E-state index contributed by atoms with van der Waals surface area (Å²) < 4.78 is 0. The molecule has 32 valence electrons. The largest absolute Gasteiger partial charge is 0.171 e. The Morgan fingerprint density at radius 1 is 2.00 bits per heavy atom. The number of hydrogen-bond donors (Lipinski definition) is 0. The normalized spacial score (nSPS) is 15.0. The van der Waals surface area contributed by atoms with Crippen LogP contribution in [0.15, 0.2) is 0 Å². The Balaban J connectivity index is 2.54. The zero-order chi connectivity index (χ0) is 4.28. The Hall–Kier alpha value is 0.987. The molecular weight excluding hydrogens is 167 g/mol. The van der Waals surface area contributed by atoms with Gasteiger partial charge < -0.3 is 0 Å². The van der Waals surface area contributed by atoms with Crippen LogP contribution in [0.2, 0.25) is 6.55 Å². The number of alkyl halides is 1. The smallest absolute Gasteiger partial charge is 0.148 e. The molecule has 0 nitrogen and oxygen atoms in total. The molecule has 1 unspecified atom stereocenters. The fraction of sp³-hybridized carbons (Fsp3) is 1.00. The average molecular weight is 174 g/mol. The molecule has 0 N–H and O–H groups in total. The van der Waals surface area contributed by atoms with E-state index in [1.54, 1.807) is 0 Å². The van der Waals surface area contributed by atoms with Gasteiger partial charge in [0, 0.05) is 4.95 Å². The SMILES string of the molecule is C[SiH](Cl)CBr. The van der Waals surface area contributed by atoms with Crippen molar-refractivity contribution in [3.63, 3.8) is 0 Å². The lowest BCUT2D eigenvalue weighted by Gasteiger charge is -1.82. The van der Waals surface area contributed by atoms with E-state index in [2.05, 4.69) is 22.5 Å². The van der Waals surface area contributed by atoms with Gasteiger partial charge in [0.15, 0.2) is 0 Å². The van der Waals surface area contributed by atoms with Crippen molar-refractivity contribution >= 4 is 35.1 Å². The van der Waals surface area contributed by atoms with E-state index in [9.17, 15) is 0 Å². The van der Waals surface area contributed by atoms with Crippen LogP contribution in [-0.2, 0) is 0 Å². The number of halogens is 2. The molecule has 0 radical (unpaired) electrons. The minimum atomic E-state index is -0.761. The second-order valence-corrected chi connectivity index (χ2v) is 6.98. The molecule has 3 heteroatoms. The van der Waals surface area contributed by atoms with E-state index >= 15 is 0 Å². The lowest BCUT2D eigenvalue weighted by molar-refractivity contribution is 2.06. The first-order valence-corrected chi connectivity index (χ1v) is 6.31. The molecule has 5 heavy (non-hydrogen) atoms. The van der Waals surface area contributed by atoms with Gasteiger partial charge in [-0.3, -0.25) is 0 Å². The summed E-state index contributed by atoms with van der Waals surface area (Å²) in [5.41, 5.74) is 0. The van der Waals surface area contributed by atoms with E-state index in [1.165, 1.54) is 0 Å². The predicted molar refractivity (Wildman–Crippen MR) is 32.7 cm³/mol. The maximum atomic E-state index is 5.55. The molecule has 0 aliphatic heterocycles. The molecule has 0 aliphatic carbocycles. The first-order valence-electron chi connectivity index (χ1n) is 1.47. The zero-order valence-corrected chi connectivity index (χ0v) is 6.54. The monoisotopic (exact) mass is 172 g/mol. The highest BCUT2D eigenvalue weighted by Gasteiger charge is 1.88. The molecule has 0 fully saturated rings. The Bertz CT molecular complexity index is 23.6. The summed E-state index contributed by atoms with van der Waals surface area (Å²) in [6.07, 6.45) is 0. The van der Waals surface area contributed by atoms with Gasteiger partial charge in [0.05, 0.1) is 0 Å². The zero-order valence-electron chi connectivity index (χ0n) is 3.04. The molecular formula is C2H6BrClSi. The fourth-order valence-corrected chi connectivity index (χ4v) is 0. The van der Waals surface area contributed by atoms with E-state index in [1.807, 2.05) is 0 Å². The fourth-order valence-electron chi connectivity index (χ4n) is 0. The lowest BCUT2D eigenvalue weighted by Crippen LogP contribution is -1.94. The van der Waals surface area contributed by atoms with Gasteiger partial charge in [-0.25, -0.2) is 0 Å². The molecule has 0 spiro atoms. The van der Waals surface area contributed by atoms with Crippen LogP contribution in [0.1, 0.15) is 0 Å². The third-order valence-corrected chi connectivity index (χ3v) is 5.13. The third kappa shape index (κ3) is 4.99. The van der Waals surface area contributed by atoms with Gasteiger partial charge in [-0.05, 0) is 0 Å². The van der Waals surface area contributed by atoms with Crippen molar-refractivity contribution in [1.82, 2.24) is 0 Å². The first kappa shape index (κ1) is 5.99. The molecule has 0 aliphatic rings. The van der Waals surface area contributed by atoms with Crippen LogP contribution >= 0.6 is 27.0 Å². The Labute approximate surface area is 47.0 Å². The third-order valence-electron chi connectivity index (χ3n) is 0.213. The molecule has 0 heterocycles. The van der Waals surface area contributed by atoms with E-state index in [0.29, 0.717) is 0 Å². The van der Waals surface area contributed by atoms with Crippen molar-refractivity contribution in [2.45, 2.75) is 6.55 Å². The summed E-state index contributed by atoms with van der Waals surface area (Å²) in [6.45, 7) is 2.08. The molecule has 0 saturated carbocycles. The molecule has 0 rings (SSSR count). The molecule has 0 amide bonds. The van der Waals surface area contributed by atoms with Gasteiger partial charge >= 0.3 is 0 Å². The lowest BCUT2D eigenvalue weighted by atomic mass is 11.9. The molecule has 0 aromatic rings. The Morgan fingerprint density at radius 3 is 2.20 bits per heavy atom. The van der Waals surface area contributed by atoms with Crippen LogP contribution in [0, 0.1) is 0 Å². The topological polar surface area (TPSA) is 0 Å². The summed E-state index contributed by atoms with van der Waals surface area (Å²) in [5.74, 6) is 0. The van der Waals surface area contributed by atoms with Crippen LogP contribution < -0.4 is 0 Å². The molecule has 0 aromatic heterocycles. The minimum Gasteiger partial charge on any atom is -0.171 e. The van der Waals surface area contributed by atoms with Gasteiger partial charge in [0.25, 0.3) is 0 Å².